The molecule has 0 aromatic heterocycles. The van der Waals surface area contributed by atoms with Crippen LogP contribution in [-0.2, 0) is 9.53 Å². The van der Waals surface area contributed by atoms with Crippen molar-refractivity contribution in [2.45, 2.75) is 45.3 Å². The number of non-ortho nitro benzene ring substituents is 1. The number of hydrogen-bond acceptors (Lipinski definition) is 6. The number of ether oxygens (including phenoxy) is 1. The molecule has 0 heterocycles. The molecule has 0 saturated carbocycles. The lowest BCUT2D eigenvalue weighted by atomic mass is 10.1. The summed E-state index contributed by atoms with van der Waals surface area (Å²) in [6.07, 6.45) is 0.897. The number of esters is 1. The monoisotopic (exact) mass is 337 g/mol. The predicted molar refractivity (Wildman–Crippen MR) is 88.5 cm³/mol. The van der Waals surface area contributed by atoms with Crippen LogP contribution in [0.15, 0.2) is 24.3 Å². The highest BCUT2D eigenvalue weighted by atomic mass is 16.6. The summed E-state index contributed by atoms with van der Waals surface area (Å²) in [6.45, 7) is 5.60. The Bertz CT molecular complexity index is 593. The average molecular weight is 337 g/mol. The Morgan fingerprint density at radius 1 is 1.29 bits per heavy atom. The van der Waals surface area contributed by atoms with Gasteiger partial charge in [-0.3, -0.25) is 14.9 Å². The number of hydrogen-bond donors (Lipinski definition) is 2. The Kier molecular flexibility index (Phi) is 6.84. The van der Waals surface area contributed by atoms with Gasteiger partial charge in [0.25, 0.3) is 11.6 Å². The number of nitro groups is 1. The lowest BCUT2D eigenvalue weighted by Gasteiger charge is -2.24. The lowest BCUT2D eigenvalue weighted by Crippen LogP contribution is -2.44. The van der Waals surface area contributed by atoms with Crippen LogP contribution in [-0.4, -0.2) is 35.0 Å². The normalized spacial score (nSPS) is 12.3. The van der Waals surface area contributed by atoms with Crippen LogP contribution in [0.3, 0.4) is 0 Å². The van der Waals surface area contributed by atoms with Gasteiger partial charge in [-0.1, -0.05) is 0 Å². The van der Waals surface area contributed by atoms with Crippen molar-refractivity contribution in [3.8, 4) is 0 Å². The molecule has 0 fully saturated rings. The molecule has 1 aromatic rings. The van der Waals surface area contributed by atoms with Crippen LogP contribution in [0.2, 0.25) is 0 Å². The van der Waals surface area contributed by atoms with Crippen LogP contribution in [0.4, 0.5) is 5.69 Å². The van der Waals surface area contributed by atoms with Crippen LogP contribution in [0.5, 0.6) is 0 Å². The molecule has 1 aromatic carbocycles. The Labute approximate surface area is 140 Å². The van der Waals surface area contributed by atoms with E-state index in [1.165, 1.54) is 24.3 Å². The van der Waals surface area contributed by atoms with Crippen LogP contribution >= 0.6 is 0 Å². The van der Waals surface area contributed by atoms with Gasteiger partial charge in [-0.2, -0.15) is 0 Å². The first-order valence-corrected chi connectivity index (χ1v) is 7.62. The van der Waals surface area contributed by atoms with Crippen molar-refractivity contribution >= 4 is 17.6 Å². The maximum absolute atomic E-state index is 12.2. The topological polar surface area (TPSA) is 125 Å². The number of nitrogens with zero attached hydrogens (tertiary/aromatic N) is 1. The van der Waals surface area contributed by atoms with Crippen molar-refractivity contribution in [3.05, 3.63) is 39.9 Å². The minimum Gasteiger partial charge on any atom is -0.458 e. The van der Waals surface area contributed by atoms with Crippen molar-refractivity contribution in [1.29, 1.82) is 0 Å². The second kappa shape index (κ2) is 8.39. The summed E-state index contributed by atoms with van der Waals surface area (Å²) in [7, 11) is 0. The number of carbonyl (C=O) groups is 2. The zero-order valence-corrected chi connectivity index (χ0v) is 14.1. The third-order valence-electron chi connectivity index (χ3n) is 3.03. The summed E-state index contributed by atoms with van der Waals surface area (Å²) in [5.41, 5.74) is 4.90. The number of nitro benzene ring substituents is 1. The largest absolute Gasteiger partial charge is 0.458 e. The highest BCUT2D eigenvalue weighted by Crippen LogP contribution is 2.14. The number of amides is 1. The molecule has 0 radical (unpaired) electrons. The van der Waals surface area contributed by atoms with E-state index >= 15 is 0 Å². The van der Waals surface area contributed by atoms with Gasteiger partial charge in [-0.15, -0.1) is 0 Å². The quantitative estimate of drug-likeness (QED) is 0.444. The van der Waals surface area contributed by atoms with Gasteiger partial charge in [-0.25, -0.2) is 4.79 Å². The second-order valence-electron chi connectivity index (χ2n) is 6.29. The first-order valence-electron chi connectivity index (χ1n) is 7.62. The van der Waals surface area contributed by atoms with Gasteiger partial charge in [0.15, 0.2) is 0 Å². The fourth-order valence-corrected chi connectivity index (χ4v) is 1.92. The molecule has 8 heteroatoms. The van der Waals surface area contributed by atoms with Gasteiger partial charge in [0.05, 0.1) is 4.92 Å². The standard InChI is InChI=1S/C16H23N3O5/c1-16(2,3)24-15(21)13(5-4-10-17)18-14(20)11-6-8-12(9-7-11)19(22)23/h6-9,13H,4-5,10,17H2,1-3H3,(H,18,20)/t13-/m0/s1. The molecule has 0 spiro atoms. The zero-order chi connectivity index (χ0) is 18.3. The van der Waals surface area contributed by atoms with Crippen molar-refractivity contribution in [3.63, 3.8) is 0 Å². The van der Waals surface area contributed by atoms with Gasteiger partial charge in [-0.05, 0) is 52.3 Å². The van der Waals surface area contributed by atoms with Crippen LogP contribution in [0.25, 0.3) is 0 Å². The van der Waals surface area contributed by atoms with Crippen molar-refractivity contribution in [2.75, 3.05) is 6.54 Å². The number of rotatable bonds is 7. The molecule has 0 aliphatic rings. The van der Waals surface area contributed by atoms with E-state index in [9.17, 15) is 19.7 Å². The zero-order valence-electron chi connectivity index (χ0n) is 14.1. The van der Waals surface area contributed by atoms with E-state index < -0.39 is 28.4 Å². The Hall–Kier alpha value is -2.48. The smallest absolute Gasteiger partial charge is 0.329 e. The van der Waals surface area contributed by atoms with Crippen molar-refractivity contribution in [1.82, 2.24) is 5.32 Å². The fraction of sp³-hybridized carbons (Fsp3) is 0.500. The fourth-order valence-electron chi connectivity index (χ4n) is 1.92. The lowest BCUT2D eigenvalue weighted by molar-refractivity contribution is -0.384. The maximum Gasteiger partial charge on any atom is 0.329 e. The second-order valence-corrected chi connectivity index (χ2v) is 6.29. The third kappa shape index (κ3) is 6.33. The molecule has 0 aliphatic heterocycles. The van der Waals surface area contributed by atoms with E-state index in [-0.39, 0.29) is 11.3 Å². The average Bonchev–Trinajstić information content (AvgIpc) is 2.49. The van der Waals surface area contributed by atoms with E-state index in [0.29, 0.717) is 19.4 Å². The molecule has 0 saturated heterocycles. The molecular weight excluding hydrogens is 314 g/mol. The Balaban J connectivity index is 2.82. The third-order valence-corrected chi connectivity index (χ3v) is 3.03. The SMILES string of the molecule is CC(C)(C)OC(=O)[C@H](CCCN)NC(=O)c1ccc([N+](=O)[O-])cc1. The first-order chi connectivity index (χ1) is 11.1. The molecule has 8 nitrogen and oxygen atoms in total. The molecule has 3 N–H and O–H groups in total. The summed E-state index contributed by atoms with van der Waals surface area (Å²) >= 11 is 0. The van der Waals surface area contributed by atoms with Gasteiger partial charge in [0.1, 0.15) is 11.6 Å². The van der Waals surface area contributed by atoms with E-state index in [1.807, 2.05) is 0 Å². The van der Waals surface area contributed by atoms with Gasteiger partial charge in [0, 0.05) is 17.7 Å². The van der Waals surface area contributed by atoms with Gasteiger partial charge >= 0.3 is 5.97 Å². The van der Waals surface area contributed by atoms with E-state index in [0.717, 1.165) is 0 Å². The highest BCUT2D eigenvalue weighted by Gasteiger charge is 2.26. The van der Waals surface area contributed by atoms with Crippen LogP contribution < -0.4 is 11.1 Å². The summed E-state index contributed by atoms with van der Waals surface area (Å²) in [5.74, 6) is -1.04. The molecule has 132 valence electrons. The van der Waals surface area contributed by atoms with Crippen LogP contribution in [0.1, 0.15) is 44.0 Å². The number of nitrogens with two attached hydrogens (primary N) is 1. The number of nitrogens with one attached hydrogen (secondary N) is 1. The summed E-state index contributed by atoms with van der Waals surface area (Å²) in [6, 6.07) is 4.31. The first kappa shape index (κ1) is 19.6. The van der Waals surface area contributed by atoms with Crippen LogP contribution in [0, 0.1) is 10.1 Å². The summed E-state index contributed by atoms with van der Waals surface area (Å²) in [4.78, 5) is 34.5. The van der Waals surface area contributed by atoms with Crippen molar-refractivity contribution in [2.24, 2.45) is 5.73 Å². The molecule has 1 rings (SSSR count). The minimum absolute atomic E-state index is 0.113. The molecular formula is C16H23N3O5. The van der Waals surface area contributed by atoms with E-state index in [2.05, 4.69) is 5.32 Å². The summed E-state index contributed by atoms with van der Waals surface area (Å²) in [5, 5.41) is 13.2. The molecule has 1 atom stereocenters. The van der Waals surface area contributed by atoms with Gasteiger partial charge in [0.2, 0.25) is 0 Å². The molecule has 24 heavy (non-hydrogen) atoms. The Morgan fingerprint density at radius 3 is 2.33 bits per heavy atom. The number of carbonyl (C=O) groups excluding carboxylic acids is 2. The molecule has 1 amide bonds. The van der Waals surface area contributed by atoms with E-state index in [4.69, 9.17) is 10.5 Å². The van der Waals surface area contributed by atoms with Crippen molar-refractivity contribution < 1.29 is 19.2 Å². The number of benzene rings is 1. The van der Waals surface area contributed by atoms with Gasteiger partial charge < -0.3 is 15.8 Å². The maximum atomic E-state index is 12.2. The molecule has 0 bridgehead atoms. The molecule has 0 aliphatic carbocycles. The van der Waals surface area contributed by atoms with E-state index in [1.54, 1.807) is 20.8 Å². The highest BCUT2D eigenvalue weighted by molar-refractivity contribution is 5.97. The summed E-state index contributed by atoms with van der Waals surface area (Å²) < 4.78 is 5.30. The minimum atomic E-state index is -0.824. The Morgan fingerprint density at radius 2 is 1.88 bits per heavy atom. The molecule has 0 unspecified atom stereocenters. The predicted octanol–water partition coefficient (Wildman–Crippen LogP) is 1.77.